The standard InChI is InChI=1S/C10H8O4S/c11-9(12)6-7(10(13)14)8-4-2-1-3-5-15-8/h1-6H,(H,11,12)(H,13,14)/b7-6-. The Hall–Kier alpha value is -1.75. The monoisotopic (exact) mass is 224 g/mol. The molecule has 0 aromatic carbocycles. The molecule has 0 atom stereocenters. The van der Waals surface area contributed by atoms with Gasteiger partial charge in [-0.2, -0.15) is 0 Å². The Morgan fingerprint density at radius 2 is 1.93 bits per heavy atom. The van der Waals surface area contributed by atoms with Crippen LogP contribution in [0, 0.1) is 0 Å². The number of carbonyl (C=O) groups is 2. The van der Waals surface area contributed by atoms with Crippen LogP contribution in [0.1, 0.15) is 0 Å². The lowest BCUT2D eigenvalue weighted by Crippen LogP contribution is -2.04. The molecule has 0 amide bonds. The third kappa shape index (κ3) is 3.47. The molecule has 0 radical (unpaired) electrons. The van der Waals surface area contributed by atoms with Gasteiger partial charge in [0.25, 0.3) is 0 Å². The second-order valence-electron chi connectivity index (χ2n) is 2.56. The van der Waals surface area contributed by atoms with Gasteiger partial charge in [-0.05, 0) is 11.5 Å². The Bertz CT molecular complexity index is 402. The normalized spacial score (nSPS) is 15.7. The van der Waals surface area contributed by atoms with Crippen molar-refractivity contribution in [2.24, 2.45) is 0 Å². The number of thioether (sulfide) groups is 1. The first-order valence-corrected chi connectivity index (χ1v) is 4.87. The third-order valence-electron chi connectivity index (χ3n) is 1.51. The van der Waals surface area contributed by atoms with E-state index in [1.807, 2.05) is 0 Å². The maximum Gasteiger partial charge on any atom is 0.337 e. The summed E-state index contributed by atoms with van der Waals surface area (Å²) in [6.07, 6.45) is 7.39. The lowest BCUT2D eigenvalue weighted by atomic mass is 10.2. The highest BCUT2D eigenvalue weighted by Gasteiger charge is 2.14. The molecule has 1 aliphatic heterocycles. The number of aliphatic carboxylic acids is 2. The predicted molar refractivity (Wildman–Crippen MR) is 57.3 cm³/mol. The summed E-state index contributed by atoms with van der Waals surface area (Å²) in [4.78, 5) is 21.6. The highest BCUT2D eigenvalue weighted by atomic mass is 32.2. The quantitative estimate of drug-likeness (QED) is 0.715. The Balaban J connectivity index is 3.05. The Labute approximate surface area is 90.3 Å². The minimum atomic E-state index is -1.27. The van der Waals surface area contributed by atoms with E-state index in [1.165, 1.54) is 11.8 Å². The molecular weight excluding hydrogens is 216 g/mol. The number of rotatable bonds is 3. The molecule has 0 bridgehead atoms. The number of hydrogen-bond donors (Lipinski definition) is 2. The van der Waals surface area contributed by atoms with Crippen LogP contribution in [0.5, 0.6) is 0 Å². The van der Waals surface area contributed by atoms with Crippen LogP contribution in [0.3, 0.4) is 0 Å². The molecule has 0 fully saturated rings. The van der Waals surface area contributed by atoms with E-state index in [0.717, 1.165) is 0 Å². The summed E-state index contributed by atoms with van der Waals surface area (Å²) < 4.78 is 0. The molecule has 0 aromatic heterocycles. The van der Waals surface area contributed by atoms with Crippen molar-refractivity contribution in [1.29, 1.82) is 0 Å². The number of carboxylic acids is 2. The van der Waals surface area contributed by atoms with Gasteiger partial charge in [0.2, 0.25) is 0 Å². The minimum absolute atomic E-state index is 0.219. The van der Waals surface area contributed by atoms with Gasteiger partial charge in [0.15, 0.2) is 0 Å². The summed E-state index contributed by atoms with van der Waals surface area (Å²) in [6, 6.07) is 0. The first-order chi connectivity index (χ1) is 7.11. The topological polar surface area (TPSA) is 74.6 Å². The second kappa shape index (κ2) is 5.21. The first-order valence-electron chi connectivity index (χ1n) is 3.99. The van der Waals surface area contributed by atoms with Gasteiger partial charge in [-0.1, -0.05) is 30.0 Å². The van der Waals surface area contributed by atoms with Gasteiger partial charge >= 0.3 is 11.9 Å². The van der Waals surface area contributed by atoms with E-state index in [9.17, 15) is 9.59 Å². The zero-order valence-electron chi connectivity index (χ0n) is 7.58. The first kappa shape index (κ1) is 11.3. The molecule has 15 heavy (non-hydrogen) atoms. The van der Waals surface area contributed by atoms with Crippen molar-refractivity contribution in [1.82, 2.24) is 0 Å². The molecule has 1 heterocycles. The summed E-state index contributed by atoms with van der Waals surface area (Å²) in [5.41, 5.74) is -0.219. The highest BCUT2D eigenvalue weighted by molar-refractivity contribution is 8.06. The molecule has 0 unspecified atom stereocenters. The van der Waals surface area contributed by atoms with Gasteiger partial charge in [0.1, 0.15) is 0 Å². The number of hydrogen-bond acceptors (Lipinski definition) is 3. The average molecular weight is 224 g/mol. The van der Waals surface area contributed by atoms with Crippen molar-refractivity contribution in [3.63, 3.8) is 0 Å². The van der Waals surface area contributed by atoms with Crippen LogP contribution in [0.2, 0.25) is 0 Å². The molecule has 0 saturated heterocycles. The molecule has 0 saturated carbocycles. The van der Waals surface area contributed by atoms with Crippen LogP contribution in [-0.2, 0) is 9.59 Å². The summed E-state index contributed by atoms with van der Waals surface area (Å²) >= 11 is 1.17. The van der Waals surface area contributed by atoms with E-state index in [1.54, 1.807) is 29.7 Å². The Morgan fingerprint density at radius 1 is 1.20 bits per heavy atom. The molecule has 4 nitrogen and oxygen atoms in total. The van der Waals surface area contributed by atoms with Crippen molar-refractivity contribution in [3.05, 3.63) is 46.3 Å². The SMILES string of the molecule is O=C(O)/C=C(\C(=O)O)C1=CC=CC=CS1. The molecule has 1 rings (SSSR count). The molecule has 78 valence electrons. The Kier molecular flexibility index (Phi) is 3.93. The number of carboxylic acid groups (broad SMARTS) is 2. The van der Waals surface area contributed by atoms with Gasteiger partial charge < -0.3 is 10.2 Å². The molecule has 0 aliphatic carbocycles. The fourth-order valence-corrected chi connectivity index (χ4v) is 1.67. The summed E-state index contributed by atoms with van der Waals surface area (Å²) in [5, 5.41) is 19.0. The van der Waals surface area contributed by atoms with E-state index in [-0.39, 0.29) is 5.57 Å². The maximum absolute atomic E-state index is 10.8. The van der Waals surface area contributed by atoms with Crippen LogP contribution in [0.4, 0.5) is 0 Å². The summed E-state index contributed by atoms with van der Waals surface area (Å²) in [7, 11) is 0. The molecule has 2 N–H and O–H groups in total. The lowest BCUT2D eigenvalue weighted by Gasteiger charge is -2.02. The largest absolute Gasteiger partial charge is 0.478 e. The summed E-state index contributed by atoms with van der Waals surface area (Å²) in [6.45, 7) is 0. The van der Waals surface area contributed by atoms with Crippen molar-refractivity contribution < 1.29 is 19.8 Å². The van der Waals surface area contributed by atoms with E-state index < -0.39 is 11.9 Å². The van der Waals surface area contributed by atoms with Crippen LogP contribution in [-0.4, -0.2) is 22.2 Å². The second-order valence-corrected chi connectivity index (χ2v) is 3.51. The smallest absolute Gasteiger partial charge is 0.337 e. The molecular formula is C10H8O4S. The van der Waals surface area contributed by atoms with Gasteiger partial charge in [-0.25, -0.2) is 9.59 Å². The summed E-state index contributed by atoms with van der Waals surface area (Å²) in [5.74, 6) is -2.52. The molecule has 5 heteroatoms. The Morgan fingerprint density at radius 3 is 2.53 bits per heavy atom. The fraction of sp³-hybridized carbons (Fsp3) is 0. The zero-order valence-corrected chi connectivity index (χ0v) is 8.40. The lowest BCUT2D eigenvalue weighted by molar-refractivity contribution is -0.134. The average Bonchev–Trinajstić information content (AvgIpc) is 2.41. The van der Waals surface area contributed by atoms with Crippen molar-refractivity contribution >= 4 is 23.7 Å². The van der Waals surface area contributed by atoms with Crippen LogP contribution < -0.4 is 0 Å². The maximum atomic E-state index is 10.8. The van der Waals surface area contributed by atoms with Gasteiger partial charge in [0.05, 0.1) is 5.57 Å². The number of allylic oxidation sites excluding steroid dienone is 4. The van der Waals surface area contributed by atoms with E-state index >= 15 is 0 Å². The predicted octanol–water partition coefficient (Wildman–Crippen LogP) is 1.78. The minimum Gasteiger partial charge on any atom is -0.478 e. The van der Waals surface area contributed by atoms with Crippen molar-refractivity contribution in [2.75, 3.05) is 0 Å². The molecule has 0 aromatic rings. The van der Waals surface area contributed by atoms with Gasteiger partial charge in [-0.3, -0.25) is 0 Å². The van der Waals surface area contributed by atoms with Crippen LogP contribution in [0.25, 0.3) is 0 Å². The highest BCUT2D eigenvalue weighted by Crippen LogP contribution is 2.27. The third-order valence-corrected chi connectivity index (χ3v) is 2.41. The van der Waals surface area contributed by atoms with Gasteiger partial charge in [0, 0.05) is 11.0 Å². The van der Waals surface area contributed by atoms with Gasteiger partial charge in [-0.15, -0.1) is 0 Å². The van der Waals surface area contributed by atoms with Crippen molar-refractivity contribution in [2.45, 2.75) is 0 Å². The zero-order chi connectivity index (χ0) is 11.3. The molecule has 0 spiro atoms. The fourth-order valence-electron chi connectivity index (χ4n) is 0.919. The van der Waals surface area contributed by atoms with E-state index in [2.05, 4.69) is 0 Å². The van der Waals surface area contributed by atoms with E-state index in [0.29, 0.717) is 11.0 Å². The van der Waals surface area contributed by atoms with Crippen LogP contribution >= 0.6 is 11.8 Å². The molecule has 1 aliphatic rings. The van der Waals surface area contributed by atoms with Crippen molar-refractivity contribution in [3.8, 4) is 0 Å². The van der Waals surface area contributed by atoms with E-state index in [4.69, 9.17) is 10.2 Å². The van der Waals surface area contributed by atoms with Crippen LogP contribution in [0.15, 0.2) is 46.3 Å².